The van der Waals surface area contributed by atoms with Gasteiger partial charge < -0.3 is 18.6 Å². The quantitative estimate of drug-likeness (QED) is 0.444. The Kier molecular flexibility index (Phi) is 6.36. The Labute approximate surface area is 166 Å². The highest BCUT2D eigenvalue weighted by Gasteiger charge is 2.10. The van der Waals surface area contributed by atoms with Gasteiger partial charge in [0.1, 0.15) is 5.75 Å². The van der Waals surface area contributed by atoms with Gasteiger partial charge in [-0.2, -0.15) is 0 Å². The summed E-state index contributed by atoms with van der Waals surface area (Å²) in [6.07, 6.45) is 2.84. The fourth-order valence-corrected chi connectivity index (χ4v) is 2.36. The largest absolute Gasteiger partial charge is 0.497 e. The van der Waals surface area contributed by atoms with Gasteiger partial charge in [0.2, 0.25) is 5.89 Å². The molecule has 0 spiro atoms. The van der Waals surface area contributed by atoms with Crippen molar-refractivity contribution in [1.82, 2.24) is 10.2 Å². The molecule has 0 atom stereocenters. The molecule has 0 aliphatic rings. The molecule has 8 nitrogen and oxygen atoms in total. The van der Waals surface area contributed by atoms with Crippen molar-refractivity contribution in [2.24, 2.45) is 0 Å². The summed E-state index contributed by atoms with van der Waals surface area (Å²) in [6, 6.07) is 13.7. The first kappa shape index (κ1) is 19.8. The van der Waals surface area contributed by atoms with Gasteiger partial charge in [-0.3, -0.25) is 0 Å². The topological polar surface area (TPSA) is 101 Å². The van der Waals surface area contributed by atoms with Gasteiger partial charge >= 0.3 is 11.9 Å². The number of benzene rings is 2. The fourth-order valence-electron chi connectivity index (χ4n) is 2.36. The van der Waals surface area contributed by atoms with Gasteiger partial charge in [0.25, 0.3) is 5.89 Å². The zero-order valence-corrected chi connectivity index (χ0v) is 15.8. The fraction of sp³-hybridized carbons (Fsp3) is 0.143. The summed E-state index contributed by atoms with van der Waals surface area (Å²) in [4.78, 5) is 23.3. The molecule has 29 heavy (non-hydrogen) atoms. The van der Waals surface area contributed by atoms with E-state index >= 15 is 0 Å². The van der Waals surface area contributed by atoms with Crippen molar-refractivity contribution in [2.75, 3.05) is 14.2 Å². The van der Waals surface area contributed by atoms with Crippen LogP contribution in [0.15, 0.2) is 59.0 Å². The Morgan fingerprint density at radius 2 is 1.72 bits per heavy atom. The van der Waals surface area contributed by atoms with Crippen molar-refractivity contribution < 1.29 is 28.2 Å². The van der Waals surface area contributed by atoms with Crippen molar-refractivity contribution >= 4 is 18.0 Å². The van der Waals surface area contributed by atoms with Crippen LogP contribution in [-0.4, -0.2) is 36.4 Å². The Balaban J connectivity index is 1.53. The van der Waals surface area contributed by atoms with E-state index in [9.17, 15) is 9.59 Å². The number of carbonyl (C=O) groups is 2. The number of methoxy groups -OCH3 is 2. The Morgan fingerprint density at radius 3 is 2.38 bits per heavy atom. The van der Waals surface area contributed by atoms with Gasteiger partial charge in [-0.1, -0.05) is 12.1 Å². The van der Waals surface area contributed by atoms with E-state index in [2.05, 4.69) is 14.9 Å². The zero-order chi connectivity index (χ0) is 20.6. The number of carbonyl (C=O) groups excluding carboxylic acids is 2. The van der Waals surface area contributed by atoms with Gasteiger partial charge in [0.05, 0.1) is 19.8 Å². The van der Waals surface area contributed by atoms with Crippen molar-refractivity contribution in [3.8, 4) is 17.2 Å². The molecule has 3 rings (SSSR count). The normalized spacial score (nSPS) is 10.7. The third-order valence-corrected chi connectivity index (χ3v) is 3.89. The molecule has 1 aromatic heterocycles. The number of aromatic nitrogens is 2. The molecule has 0 bridgehead atoms. The minimum absolute atomic E-state index is 0.145. The minimum Gasteiger partial charge on any atom is -0.497 e. The van der Waals surface area contributed by atoms with Gasteiger partial charge in [-0.15, -0.1) is 10.2 Å². The van der Waals surface area contributed by atoms with E-state index in [0.29, 0.717) is 17.2 Å². The van der Waals surface area contributed by atoms with Crippen LogP contribution in [-0.2, 0) is 20.9 Å². The summed E-state index contributed by atoms with van der Waals surface area (Å²) < 4.78 is 20.3. The number of hydrogen-bond acceptors (Lipinski definition) is 8. The molecular weight excluding hydrogens is 376 g/mol. The lowest BCUT2D eigenvalue weighted by Gasteiger charge is -2.00. The van der Waals surface area contributed by atoms with Crippen molar-refractivity contribution in [2.45, 2.75) is 6.61 Å². The Hall–Kier alpha value is -3.94. The average Bonchev–Trinajstić information content (AvgIpc) is 3.25. The highest BCUT2D eigenvalue weighted by Crippen LogP contribution is 2.21. The monoisotopic (exact) mass is 394 g/mol. The first-order chi connectivity index (χ1) is 14.1. The third kappa shape index (κ3) is 5.29. The second-order valence-electron chi connectivity index (χ2n) is 5.78. The zero-order valence-electron chi connectivity index (χ0n) is 15.8. The molecular formula is C21H18N2O6. The molecule has 0 unspecified atom stereocenters. The van der Waals surface area contributed by atoms with Crippen LogP contribution >= 0.6 is 0 Å². The standard InChI is InChI=1S/C21H18N2O6/c1-26-17-10-8-15(9-11-17)20-23-22-18(29-20)13-28-19(24)12-5-14-3-6-16(7-4-14)21(25)27-2/h3-12H,13H2,1-2H3/b12-5+. The molecule has 0 amide bonds. The second-order valence-corrected chi connectivity index (χ2v) is 5.78. The van der Waals surface area contributed by atoms with Crippen LogP contribution in [0.4, 0.5) is 0 Å². The molecule has 0 N–H and O–H groups in total. The molecule has 0 aliphatic heterocycles. The number of ether oxygens (including phenoxy) is 3. The number of nitrogens with zero attached hydrogens (tertiary/aromatic N) is 2. The number of esters is 2. The summed E-state index contributed by atoms with van der Waals surface area (Å²) in [5.41, 5.74) is 1.89. The maximum absolute atomic E-state index is 11.9. The Bertz CT molecular complexity index is 1010. The van der Waals surface area contributed by atoms with E-state index in [1.54, 1.807) is 61.7 Å². The molecule has 0 saturated heterocycles. The maximum atomic E-state index is 11.9. The summed E-state index contributed by atoms with van der Waals surface area (Å²) in [5, 5.41) is 7.81. The molecule has 1 heterocycles. The van der Waals surface area contributed by atoms with Crippen LogP contribution in [0.2, 0.25) is 0 Å². The summed E-state index contributed by atoms with van der Waals surface area (Å²) in [7, 11) is 2.90. The van der Waals surface area contributed by atoms with Crippen LogP contribution in [0.1, 0.15) is 21.8 Å². The summed E-state index contributed by atoms with van der Waals surface area (Å²) in [6.45, 7) is -0.145. The smallest absolute Gasteiger partial charge is 0.337 e. The molecule has 8 heteroatoms. The number of rotatable bonds is 7. The molecule has 3 aromatic rings. The van der Waals surface area contributed by atoms with E-state index in [1.165, 1.54) is 13.2 Å². The van der Waals surface area contributed by atoms with Gasteiger partial charge in [-0.05, 0) is 48.0 Å². The number of hydrogen-bond donors (Lipinski definition) is 0. The lowest BCUT2D eigenvalue weighted by atomic mass is 10.1. The lowest BCUT2D eigenvalue weighted by Crippen LogP contribution is -2.01. The van der Waals surface area contributed by atoms with Crippen molar-refractivity contribution in [3.05, 3.63) is 71.6 Å². The van der Waals surface area contributed by atoms with E-state index in [1.807, 2.05) is 0 Å². The minimum atomic E-state index is -0.564. The molecule has 0 saturated carbocycles. The average molecular weight is 394 g/mol. The van der Waals surface area contributed by atoms with Crippen LogP contribution < -0.4 is 4.74 Å². The molecule has 0 radical (unpaired) electrons. The molecule has 0 fully saturated rings. The van der Waals surface area contributed by atoms with Crippen LogP contribution in [0, 0.1) is 0 Å². The first-order valence-electron chi connectivity index (χ1n) is 8.59. The van der Waals surface area contributed by atoms with Gasteiger partial charge in [-0.25, -0.2) is 9.59 Å². The van der Waals surface area contributed by atoms with E-state index in [-0.39, 0.29) is 12.5 Å². The Morgan fingerprint density at radius 1 is 1.00 bits per heavy atom. The molecule has 148 valence electrons. The van der Waals surface area contributed by atoms with Crippen molar-refractivity contribution in [3.63, 3.8) is 0 Å². The predicted octanol–water partition coefficient (Wildman–Crippen LogP) is 3.29. The second kappa shape index (κ2) is 9.32. The molecule has 2 aromatic carbocycles. The summed E-state index contributed by atoms with van der Waals surface area (Å²) >= 11 is 0. The van der Waals surface area contributed by atoms with E-state index in [0.717, 1.165) is 11.1 Å². The van der Waals surface area contributed by atoms with Crippen LogP contribution in [0.5, 0.6) is 5.75 Å². The third-order valence-electron chi connectivity index (χ3n) is 3.89. The van der Waals surface area contributed by atoms with Gasteiger partial charge in [0.15, 0.2) is 6.61 Å². The van der Waals surface area contributed by atoms with E-state index < -0.39 is 11.9 Å². The van der Waals surface area contributed by atoms with Crippen molar-refractivity contribution in [1.29, 1.82) is 0 Å². The maximum Gasteiger partial charge on any atom is 0.337 e. The first-order valence-corrected chi connectivity index (χ1v) is 8.59. The van der Waals surface area contributed by atoms with Crippen LogP contribution in [0.25, 0.3) is 17.5 Å². The lowest BCUT2D eigenvalue weighted by molar-refractivity contribution is -0.139. The van der Waals surface area contributed by atoms with Crippen LogP contribution in [0.3, 0.4) is 0 Å². The SMILES string of the molecule is COC(=O)c1ccc(/C=C/C(=O)OCc2nnc(-c3ccc(OC)cc3)o2)cc1. The summed E-state index contributed by atoms with van der Waals surface area (Å²) in [5.74, 6) is 0.230. The predicted molar refractivity (Wildman–Crippen MR) is 103 cm³/mol. The van der Waals surface area contributed by atoms with E-state index in [4.69, 9.17) is 13.9 Å². The van der Waals surface area contributed by atoms with Gasteiger partial charge in [0, 0.05) is 11.6 Å². The molecule has 0 aliphatic carbocycles. The highest BCUT2D eigenvalue weighted by molar-refractivity contribution is 5.90. The highest BCUT2D eigenvalue weighted by atomic mass is 16.5.